The Hall–Kier alpha value is -2.98. The van der Waals surface area contributed by atoms with Crippen LogP contribution in [0.5, 0.6) is 0 Å². The van der Waals surface area contributed by atoms with Gasteiger partial charge in [0.05, 0.1) is 0 Å². The number of carbonyl (C=O) groups excluding carboxylic acids is 1. The van der Waals surface area contributed by atoms with Crippen molar-refractivity contribution in [3.8, 4) is 11.1 Å². The first-order valence-electron chi connectivity index (χ1n) is 14.1. The van der Waals surface area contributed by atoms with Gasteiger partial charge in [0, 0.05) is 42.1 Å². The van der Waals surface area contributed by atoms with Crippen molar-refractivity contribution in [2.24, 2.45) is 11.8 Å². The molecule has 1 N–H and O–H groups in total. The fourth-order valence-corrected chi connectivity index (χ4v) is 6.63. The standard InChI is InChI=1S/C33H39N3O/c1-22-4-9-29(20-35-22)26-10-7-24(8-11-26)14-16-34-32(37)28-13-12-27-19-31-23(2)33(3,30(27)18-28)15-17-36(31)21-25-5-6-25/h4,7-13,18,20,23,25,31H,5-6,14-17,19,21H2,1-3H3,(H,34,37)/t23-,31+,33?/m0/s1. The van der Waals surface area contributed by atoms with Crippen molar-refractivity contribution in [2.75, 3.05) is 19.6 Å². The molecule has 2 aromatic carbocycles. The highest BCUT2D eigenvalue weighted by Gasteiger charge is 2.49. The monoisotopic (exact) mass is 493 g/mol. The molecule has 1 amide bonds. The first-order valence-corrected chi connectivity index (χ1v) is 14.1. The van der Waals surface area contributed by atoms with Crippen molar-refractivity contribution in [1.29, 1.82) is 0 Å². The maximum atomic E-state index is 13.1. The second-order valence-electron chi connectivity index (χ2n) is 11.9. The zero-order valence-electron chi connectivity index (χ0n) is 22.5. The van der Waals surface area contributed by atoms with Crippen molar-refractivity contribution in [2.45, 2.75) is 64.3 Å². The van der Waals surface area contributed by atoms with Crippen LogP contribution in [-0.2, 0) is 18.3 Å². The molecule has 4 heteroatoms. The largest absolute Gasteiger partial charge is 0.352 e. The Bertz CT molecular complexity index is 1280. The van der Waals surface area contributed by atoms with Crippen LogP contribution in [0.15, 0.2) is 60.8 Å². The highest BCUT2D eigenvalue weighted by Crippen LogP contribution is 2.49. The van der Waals surface area contributed by atoms with Gasteiger partial charge in [0.2, 0.25) is 0 Å². The van der Waals surface area contributed by atoms with Crippen molar-refractivity contribution < 1.29 is 4.79 Å². The molecule has 3 aliphatic rings. The summed E-state index contributed by atoms with van der Waals surface area (Å²) in [6.45, 7) is 9.99. The molecule has 1 saturated heterocycles. The SMILES string of the molecule is Cc1ccc(-c2ccc(CCNC(=O)c3ccc4c(c3)C3(C)CCN(CC5CC5)[C@H](C4)[C@@H]3C)cc2)cn1. The van der Waals surface area contributed by atoms with Gasteiger partial charge in [-0.2, -0.15) is 0 Å². The van der Waals surface area contributed by atoms with E-state index in [9.17, 15) is 4.79 Å². The number of hydrogen-bond donors (Lipinski definition) is 1. The zero-order chi connectivity index (χ0) is 25.6. The fourth-order valence-electron chi connectivity index (χ4n) is 6.63. The lowest BCUT2D eigenvalue weighted by molar-refractivity contribution is 0.0284. The number of likely N-dealkylation sites (tertiary alicyclic amines) is 1. The molecule has 0 radical (unpaired) electrons. The minimum Gasteiger partial charge on any atom is -0.352 e. The van der Waals surface area contributed by atoms with Gasteiger partial charge < -0.3 is 5.32 Å². The third-order valence-electron chi connectivity index (χ3n) is 9.47. The van der Waals surface area contributed by atoms with Gasteiger partial charge in [-0.15, -0.1) is 0 Å². The molecular formula is C33H39N3O. The van der Waals surface area contributed by atoms with Crippen molar-refractivity contribution in [3.63, 3.8) is 0 Å². The number of nitrogens with one attached hydrogen (secondary N) is 1. The minimum atomic E-state index is 0.0368. The summed E-state index contributed by atoms with van der Waals surface area (Å²) in [5.41, 5.74) is 8.36. The molecule has 1 aliphatic heterocycles. The van der Waals surface area contributed by atoms with Gasteiger partial charge in [-0.05, 0) is 103 Å². The zero-order valence-corrected chi connectivity index (χ0v) is 22.5. The number of fused-ring (bicyclic) bond motifs is 4. The summed E-state index contributed by atoms with van der Waals surface area (Å²) in [4.78, 5) is 20.3. The van der Waals surface area contributed by atoms with E-state index in [1.807, 2.05) is 25.3 Å². The molecule has 2 heterocycles. The molecular weight excluding hydrogens is 454 g/mol. The number of carbonyl (C=O) groups is 1. The van der Waals surface area contributed by atoms with E-state index >= 15 is 0 Å². The molecule has 37 heavy (non-hydrogen) atoms. The second-order valence-corrected chi connectivity index (χ2v) is 11.9. The highest BCUT2D eigenvalue weighted by atomic mass is 16.1. The van der Waals surface area contributed by atoms with Crippen LogP contribution in [0.4, 0.5) is 0 Å². The number of amides is 1. The number of nitrogens with zero attached hydrogens (tertiary/aromatic N) is 2. The first-order chi connectivity index (χ1) is 17.9. The Morgan fingerprint density at radius 1 is 1.08 bits per heavy atom. The summed E-state index contributed by atoms with van der Waals surface area (Å²) in [6.07, 6.45) is 7.87. The maximum Gasteiger partial charge on any atom is 0.251 e. The number of rotatable bonds is 7. The van der Waals surface area contributed by atoms with E-state index in [1.54, 1.807) is 0 Å². The number of benzene rings is 2. The van der Waals surface area contributed by atoms with Crippen molar-refractivity contribution in [3.05, 3.63) is 88.7 Å². The van der Waals surface area contributed by atoms with Crippen molar-refractivity contribution in [1.82, 2.24) is 15.2 Å². The minimum absolute atomic E-state index is 0.0368. The molecule has 1 aromatic heterocycles. The van der Waals surface area contributed by atoms with Gasteiger partial charge >= 0.3 is 0 Å². The molecule has 2 fully saturated rings. The Morgan fingerprint density at radius 2 is 1.86 bits per heavy atom. The third-order valence-corrected chi connectivity index (χ3v) is 9.47. The van der Waals surface area contributed by atoms with Crippen LogP contribution in [0.1, 0.15) is 65.9 Å². The molecule has 0 spiro atoms. The predicted molar refractivity (Wildman–Crippen MR) is 150 cm³/mol. The molecule has 1 saturated carbocycles. The second kappa shape index (κ2) is 9.72. The maximum absolute atomic E-state index is 13.1. The van der Waals surface area contributed by atoms with E-state index in [2.05, 4.69) is 71.5 Å². The van der Waals surface area contributed by atoms with Gasteiger partial charge in [0.1, 0.15) is 0 Å². The van der Waals surface area contributed by atoms with Crippen LogP contribution in [0.3, 0.4) is 0 Å². The summed E-state index contributed by atoms with van der Waals surface area (Å²) in [5.74, 6) is 1.59. The first kappa shape index (κ1) is 24.4. The molecule has 4 nitrogen and oxygen atoms in total. The van der Waals surface area contributed by atoms with E-state index in [1.165, 1.54) is 49.0 Å². The van der Waals surface area contributed by atoms with E-state index in [4.69, 9.17) is 0 Å². The molecule has 2 bridgehead atoms. The molecule has 3 atom stereocenters. The molecule has 2 aliphatic carbocycles. The lowest BCUT2D eigenvalue weighted by atomic mass is 9.59. The lowest BCUT2D eigenvalue weighted by Crippen LogP contribution is -2.58. The Labute approximate surface area is 221 Å². The summed E-state index contributed by atoms with van der Waals surface area (Å²) in [6, 6.07) is 19.8. The number of aromatic nitrogens is 1. The smallest absolute Gasteiger partial charge is 0.251 e. The number of aryl methyl sites for hydroxylation is 1. The number of piperidine rings is 1. The Morgan fingerprint density at radius 3 is 2.59 bits per heavy atom. The molecule has 6 rings (SSSR count). The predicted octanol–water partition coefficient (Wildman–Crippen LogP) is 5.96. The topological polar surface area (TPSA) is 45.2 Å². The van der Waals surface area contributed by atoms with Crippen LogP contribution in [-0.4, -0.2) is 41.5 Å². The number of pyridine rings is 1. The molecule has 3 aromatic rings. The normalized spacial score (nSPS) is 24.9. The lowest BCUT2D eigenvalue weighted by Gasteiger charge is -2.55. The van der Waals surface area contributed by atoms with Crippen molar-refractivity contribution >= 4 is 5.91 Å². The summed E-state index contributed by atoms with van der Waals surface area (Å²) in [5, 5.41) is 3.16. The van der Waals surface area contributed by atoms with Gasteiger partial charge in [0.15, 0.2) is 0 Å². The molecule has 1 unspecified atom stereocenters. The van der Waals surface area contributed by atoms with Crippen LogP contribution in [0, 0.1) is 18.8 Å². The quantitative estimate of drug-likeness (QED) is 0.441. The van der Waals surface area contributed by atoms with E-state index in [-0.39, 0.29) is 11.3 Å². The number of hydrogen-bond acceptors (Lipinski definition) is 3. The third kappa shape index (κ3) is 4.84. The molecule has 192 valence electrons. The Kier molecular flexibility index (Phi) is 6.40. The average Bonchev–Trinajstić information content (AvgIpc) is 3.73. The van der Waals surface area contributed by atoms with Gasteiger partial charge in [-0.3, -0.25) is 14.7 Å². The summed E-state index contributed by atoms with van der Waals surface area (Å²) >= 11 is 0. The van der Waals surface area contributed by atoms with E-state index in [0.717, 1.165) is 41.1 Å². The Balaban J connectivity index is 1.09. The summed E-state index contributed by atoms with van der Waals surface area (Å²) < 4.78 is 0. The van der Waals surface area contributed by atoms with Gasteiger partial charge in [-0.25, -0.2) is 0 Å². The van der Waals surface area contributed by atoms with Crippen LogP contribution < -0.4 is 5.32 Å². The average molecular weight is 494 g/mol. The van der Waals surface area contributed by atoms with E-state index < -0.39 is 0 Å². The van der Waals surface area contributed by atoms with E-state index in [0.29, 0.717) is 18.5 Å². The van der Waals surface area contributed by atoms with Crippen LogP contribution in [0.25, 0.3) is 11.1 Å². The summed E-state index contributed by atoms with van der Waals surface area (Å²) in [7, 11) is 0. The van der Waals surface area contributed by atoms with Gasteiger partial charge in [0.25, 0.3) is 5.91 Å². The van der Waals surface area contributed by atoms with Gasteiger partial charge in [-0.1, -0.05) is 50.2 Å². The fraction of sp³-hybridized carbons (Fsp3) is 0.455. The van der Waals surface area contributed by atoms with Crippen LogP contribution >= 0.6 is 0 Å². The highest BCUT2D eigenvalue weighted by molar-refractivity contribution is 5.94. The van der Waals surface area contributed by atoms with Crippen LogP contribution in [0.2, 0.25) is 0 Å².